The fourth-order valence-electron chi connectivity index (χ4n) is 5.69. The molecule has 2 saturated heterocycles. The highest BCUT2D eigenvalue weighted by atomic mass is 32.2. The molecule has 276 valence electrons. The molecule has 0 aliphatic carbocycles. The first-order valence-electron chi connectivity index (χ1n) is 16.7. The van der Waals surface area contributed by atoms with Crippen molar-refractivity contribution in [2.45, 2.75) is 43.0 Å². The smallest absolute Gasteiger partial charge is 0.488 e. The first-order valence-corrected chi connectivity index (χ1v) is 17.8. The molecule has 2 aromatic carbocycles. The maximum Gasteiger partial charge on any atom is 0.488 e. The molecule has 2 aliphatic rings. The molecule has 51 heavy (non-hydrogen) atoms. The van der Waals surface area contributed by atoms with Crippen LogP contribution < -0.4 is 31.9 Å². The maximum absolute atomic E-state index is 12.1. The number of fused-ring (bicyclic) bond motifs is 2. The van der Waals surface area contributed by atoms with Crippen LogP contribution >= 0.6 is 11.8 Å². The van der Waals surface area contributed by atoms with Gasteiger partial charge in [0.2, 0.25) is 5.91 Å². The molecule has 3 heterocycles. The number of carbonyl (C=O) groups is 3. The Hall–Kier alpha value is -4.20. The average molecular weight is 729 g/mol. The van der Waals surface area contributed by atoms with E-state index in [9.17, 15) is 19.6 Å². The molecule has 0 spiro atoms. The Kier molecular flexibility index (Phi) is 16.5. The van der Waals surface area contributed by atoms with Crippen molar-refractivity contribution in [1.82, 2.24) is 26.1 Å². The molecule has 3 aromatic rings. The number of hydrogen-bond acceptors (Lipinski definition) is 13. The number of nitrogens with zero attached hydrogens (tertiary/aromatic N) is 2. The van der Waals surface area contributed by atoms with Crippen LogP contribution in [0.2, 0.25) is 0 Å². The molecule has 2 fully saturated rings. The van der Waals surface area contributed by atoms with Crippen molar-refractivity contribution in [1.29, 1.82) is 0 Å². The number of carboxylic acid groups (broad SMARTS) is 1. The zero-order valence-corrected chi connectivity index (χ0v) is 29.0. The van der Waals surface area contributed by atoms with Crippen molar-refractivity contribution < 1.29 is 48.5 Å². The minimum atomic E-state index is -1.62. The number of amides is 3. The lowest BCUT2D eigenvalue weighted by atomic mass is 9.79. The number of rotatable bonds is 20. The Labute approximate surface area is 300 Å². The second kappa shape index (κ2) is 21.2. The van der Waals surface area contributed by atoms with Crippen LogP contribution in [-0.2, 0) is 23.8 Å². The molecule has 16 nitrogen and oxygen atoms in total. The number of unbranched alkanes of at least 4 members (excludes halogenated alkanes) is 1. The van der Waals surface area contributed by atoms with Gasteiger partial charge in [-0.1, -0.05) is 24.6 Å². The summed E-state index contributed by atoms with van der Waals surface area (Å²) in [6.45, 7) is 2.85. The van der Waals surface area contributed by atoms with Gasteiger partial charge < -0.3 is 55.8 Å². The maximum atomic E-state index is 12.1. The summed E-state index contributed by atoms with van der Waals surface area (Å²) in [6, 6.07) is 10.9. The van der Waals surface area contributed by atoms with E-state index in [0.717, 1.165) is 36.0 Å². The standard InChI is InChI=1S/C32H43BN6O8S.CH2O2/c34-25-19-36-39-26-17-21(5-7-23(25)26)24-18-22(33(42)43)6-8-28(24)47-16-15-46-14-13-45-12-11-44-10-9-35-30(40)4-2-1-3-29-31-27(20-48-29)37-32(41)38-31;2-1-3/h5-8,17-19,27,29,31,42-43H,1-4,9-16,20H2,(H2,34,39)(H,35,40)(H2,37,38,41);1H,(H,2,3)/t27-,29-,31-;/m0./s1. The lowest BCUT2D eigenvalue weighted by Gasteiger charge is -2.16. The van der Waals surface area contributed by atoms with Crippen molar-refractivity contribution in [3.05, 3.63) is 42.6 Å². The van der Waals surface area contributed by atoms with Crippen LogP contribution in [0.4, 0.5) is 10.5 Å². The monoisotopic (exact) mass is 728 g/mol. The molecule has 5 rings (SSSR count). The van der Waals surface area contributed by atoms with Crippen molar-refractivity contribution >= 4 is 59.3 Å². The normalized spacial score (nSPS) is 17.5. The lowest BCUT2D eigenvalue weighted by Crippen LogP contribution is -2.36. The van der Waals surface area contributed by atoms with E-state index in [1.165, 1.54) is 6.20 Å². The number of carbonyl (C=O) groups excluding carboxylic acids is 2. The van der Waals surface area contributed by atoms with Gasteiger partial charge in [0.05, 0.1) is 69.1 Å². The summed E-state index contributed by atoms with van der Waals surface area (Å²) in [6.07, 6.45) is 4.76. The van der Waals surface area contributed by atoms with Crippen LogP contribution in [0.25, 0.3) is 22.0 Å². The third-order valence-electron chi connectivity index (χ3n) is 8.16. The summed E-state index contributed by atoms with van der Waals surface area (Å²) >= 11 is 1.89. The average Bonchev–Trinajstić information content (AvgIpc) is 3.68. The van der Waals surface area contributed by atoms with E-state index in [1.807, 2.05) is 30.0 Å². The predicted octanol–water partition coefficient (Wildman–Crippen LogP) is 0.530. The fourth-order valence-corrected chi connectivity index (χ4v) is 7.23. The zero-order valence-electron chi connectivity index (χ0n) is 28.2. The van der Waals surface area contributed by atoms with Crippen molar-refractivity contribution in [2.24, 2.45) is 0 Å². The second-order valence-corrected chi connectivity index (χ2v) is 12.9. The van der Waals surface area contributed by atoms with E-state index < -0.39 is 7.12 Å². The number of ether oxygens (including phenoxy) is 4. The third-order valence-corrected chi connectivity index (χ3v) is 9.67. The number of urea groups is 1. The van der Waals surface area contributed by atoms with Crippen LogP contribution in [0.5, 0.6) is 5.75 Å². The molecule has 1 aromatic heterocycles. The van der Waals surface area contributed by atoms with Crippen LogP contribution in [-0.4, -0.2) is 127 Å². The molecule has 0 bridgehead atoms. The molecular formula is C33H45BN6O10S. The summed E-state index contributed by atoms with van der Waals surface area (Å²) in [4.78, 5) is 31.9. The summed E-state index contributed by atoms with van der Waals surface area (Å²) in [7, 11) is -1.62. The van der Waals surface area contributed by atoms with E-state index in [4.69, 9.17) is 34.6 Å². The molecule has 3 atom stereocenters. The molecule has 0 radical (unpaired) electrons. The van der Waals surface area contributed by atoms with Gasteiger partial charge in [-0.2, -0.15) is 22.0 Å². The van der Waals surface area contributed by atoms with Crippen molar-refractivity contribution in [3.63, 3.8) is 0 Å². The van der Waals surface area contributed by atoms with E-state index in [1.54, 1.807) is 18.2 Å². The highest BCUT2D eigenvalue weighted by Gasteiger charge is 2.42. The Balaban J connectivity index is 0.00000188. The second-order valence-electron chi connectivity index (χ2n) is 11.7. The van der Waals surface area contributed by atoms with Crippen molar-refractivity contribution in [3.8, 4) is 16.9 Å². The largest absolute Gasteiger partial charge is 0.491 e. The van der Waals surface area contributed by atoms with Crippen LogP contribution in [0.3, 0.4) is 0 Å². The molecule has 18 heteroatoms. The van der Waals surface area contributed by atoms with E-state index in [0.29, 0.717) is 85.8 Å². The van der Waals surface area contributed by atoms with Gasteiger partial charge in [0.15, 0.2) is 0 Å². The van der Waals surface area contributed by atoms with Gasteiger partial charge in [0, 0.05) is 34.9 Å². The summed E-state index contributed by atoms with van der Waals surface area (Å²) < 4.78 is 22.7. The molecular weight excluding hydrogens is 683 g/mol. The highest BCUT2D eigenvalue weighted by Crippen LogP contribution is 2.34. The number of anilines is 1. The SMILES string of the molecule is Nc1cnnc2cc(-c3cc(B(O)O)ccc3OCCOCCOCCOCCNC(=O)CCCC[C@@H]3SC[C@@H]4NC(=O)N[C@@H]43)ccc12.O=CO. The van der Waals surface area contributed by atoms with E-state index in [-0.39, 0.29) is 37.1 Å². The number of benzene rings is 2. The van der Waals surface area contributed by atoms with E-state index in [2.05, 4.69) is 26.1 Å². The zero-order chi connectivity index (χ0) is 36.4. The minimum absolute atomic E-state index is 0.0232. The summed E-state index contributed by atoms with van der Waals surface area (Å²) in [5, 5.41) is 44.4. The van der Waals surface area contributed by atoms with Crippen LogP contribution in [0, 0.1) is 0 Å². The lowest BCUT2D eigenvalue weighted by molar-refractivity contribution is -0.123. The van der Waals surface area contributed by atoms with Gasteiger partial charge in [0.25, 0.3) is 6.47 Å². The molecule has 0 saturated carbocycles. The van der Waals surface area contributed by atoms with Gasteiger partial charge in [-0.3, -0.25) is 9.59 Å². The first kappa shape index (κ1) is 39.6. The van der Waals surface area contributed by atoms with Gasteiger partial charge in [0.1, 0.15) is 12.4 Å². The van der Waals surface area contributed by atoms with Gasteiger partial charge >= 0.3 is 13.1 Å². The number of aromatic nitrogens is 2. The van der Waals surface area contributed by atoms with Crippen LogP contribution in [0.1, 0.15) is 25.7 Å². The Morgan fingerprint density at radius 1 is 1.02 bits per heavy atom. The Morgan fingerprint density at radius 2 is 1.75 bits per heavy atom. The summed E-state index contributed by atoms with van der Waals surface area (Å²) in [5.41, 5.74) is 8.90. The van der Waals surface area contributed by atoms with Crippen LogP contribution in [0.15, 0.2) is 42.6 Å². The number of nitrogen functional groups attached to an aromatic ring is 1. The predicted molar refractivity (Wildman–Crippen MR) is 193 cm³/mol. The Morgan fingerprint density at radius 3 is 2.49 bits per heavy atom. The molecule has 8 N–H and O–H groups in total. The number of thioether (sulfide) groups is 1. The topological polar surface area (TPSA) is 237 Å². The fraction of sp³-hybridized carbons (Fsp3) is 0.485. The minimum Gasteiger partial charge on any atom is -0.491 e. The first-order chi connectivity index (χ1) is 24.8. The number of nitrogens with one attached hydrogen (secondary N) is 3. The Bertz CT molecular complexity index is 1570. The molecule has 0 unspecified atom stereocenters. The third kappa shape index (κ3) is 12.5. The summed E-state index contributed by atoms with van der Waals surface area (Å²) in [5.74, 6) is 1.53. The van der Waals surface area contributed by atoms with Crippen molar-refractivity contribution in [2.75, 3.05) is 64.3 Å². The van der Waals surface area contributed by atoms with E-state index >= 15 is 0 Å². The van der Waals surface area contributed by atoms with Gasteiger partial charge in [-0.25, -0.2) is 4.79 Å². The highest BCUT2D eigenvalue weighted by molar-refractivity contribution is 8.00. The molecule has 3 amide bonds. The number of nitrogens with two attached hydrogens (primary N) is 1. The molecule has 2 aliphatic heterocycles. The number of hydrogen-bond donors (Lipinski definition) is 7. The quantitative estimate of drug-likeness (QED) is 0.0364. The van der Waals surface area contributed by atoms with Gasteiger partial charge in [-0.05, 0) is 42.1 Å². The van der Waals surface area contributed by atoms with Gasteiger partial charge in [-0.15, -0.1) is 0 Å².